The van der Waals surface area contributed by atoms with Gasteiger partial charge in [-0.1, -0.05) is 19.3 Å². The standard InChI is InChI=1S/C15H20N4/c16-15-13(7-4-8-18-15)14-9-17-11-19(14)10-12-5-2-1-3-6-12/h4,7-9,11-12H,1-3,5-6,10H2,(H2,16,18). The molecular formula is C15H20N4. The van der Waals surface area contributed by atoms with E-state index in [9.17, 15) is 0 Å². The van der Waals surface area contributed by atoms with E-state index in [2.05, 4.69) is 14.5 Å². The van der Waals surface area contributed by atoms with Crippen molar-refractivity contribution in [3.63, 3.8) is 0 Å². The lowest BCUT2D eigenvalue weighted by Gasteiger charge is -2.22. The third-order valence-corrected chi connectivity index (χ3v) is 4.01. The van der Waals surface area contributed by atoms with Crippen LogP contribution < -0.4 is 5.73 Å². The fourth-order valence-electron chi connectivity index (χ4n) is 2.97. The Labute approximate surface area is 113 Å². The summed E-state index contributed by atoms with van der Waals surface area (Å²) >= 11 is 0. The molecular weight excluding hydrogens is 236 g/mol. The van der Waals surface area contributed by atoms with Gasteiger partial charge in [0.05, 0.1) is 18.2 Å². The summed E-state index contributed by atoms with van der Waals surface area (Å²) in [5.41, 5.74) is 8.02. The van der Waals surface area contributed by atoms with E-state index in [0.717, 1.165) is 23.7 Å². The van der Waals surface area contributed by atoms with Crippen LogP contribution in [-0.4, -0.2) is 14.5 Å². The summed E-state index contributed by atoms with van der Waals surface area (Å²) in [6, 6.07) is 3.93. The van der Waals surface area contributed by atoms with Gasteiger partial charge in [-0.05, 0) is 30.9 Å². The number of imidazole rings is 1. The maximum atomic E-state index is 5.96. The molecule has 2 aromatic heterocycles. The molecule has 2 aromatic rings. The van der Waals surface area contributed by atoms with E-state index >= 15 is 0 Å². The first-order valence-electron chi connectivity index (χ1n) is 7.05. The maximum Gasteiger partial charge on any atom is 0.132 e. The molecule has 1 aliphatic carbocycles. The fraction of sp³-hybridized carbons (Fsp3) is 0.467. The van der Waals surface area contributed by atoms with Crippen molar-refractivity contribution in [1.82, 2.24) is 14.5 Å². The van der Waals surface area contributed by atoms with Gasteiger partial charge < -0.3 is 10.3 Å². The van der Waals surface area contributed by atoms with Crippen LogP contribution in [0, 0.1) is 5.92 Å². The van der Waals surface area contributed by atoms with E-state index in [1.807, 2.05) is 24.7 Å². The summed E-state index contributed by atoms with van der Waals surface area (Å²) in [6.45, 7) is 1.05. The molecule has 2 N–H and O–H groups in total. The molecule has 1 aliphatic rings. The zero-order valence-electron chi connectivity index (χ0n) is 11.1. The average Bonchev–Trinajstić information content (AvgIpc) is 2.88. The molecule has 0 unspecified atom stereocenters. The Morgan fingerprint density at radius 1 is 1.26 bits per heavy atom. The second-order valence-corrected chi connectivity index (χ2v) is 5.37. The number of hydrogen-bond donors (Lipinski definition) is 1. The number of anilines is 1. The molecule has 0 spiro atoms. The summed E-state index contributed by atoms with van der Waals surface area (Å²) in [5.74, 6) is 1.35. The van der Waals surface area contributed by atoms with Crippen molar-refractivity contribution in [3.8, 4) is 11.3 Å². The predicted octanol–water partition coefficient (Wildman–Crippen LogP) is 3.11. The summed E-state index contributed by atoms with van der Waals surface area (Å²) in [6.07, 6.45) is 12.3. The molecule has 2 heterocycles. The number of nitrogens with two attached hydrogens (primary N) is 1. The van der Waals surface area contributed by atoms with E-state index in [1.54, 1.807) is 6.20 Å². The van der Waals surface area contributed by atoms with Crippen molar-refractivity contribution in [2.45, 2.75) is 38.6 Å². The van der Waals surface area contributed by atoms with E-state index in [0.29, 0.717) is 5.82 Å². The van der Waals surface area contributed by atoms with Gasteiger partial charge in [-0.25, -0.2) is 9.97 Å². The summed E-state index contributed by atoms with van der Waals surface area (Å²) < 4.78 is 2.23. The van der Waals surface area contributed by atoms with Gasteiger partial charge in [-0.3, -0.25) is 0 Å². The maximum absolute atomic E-state index is 5.96. The van der Waals surface area contributed by atoms with Crippen LogP contribution in [0.2, 0.25) is 0 Å². The van der Waals surface area contributed by atoms with Crippen molar-refractivity contribution in [2.75, 3.05) is 5.73 Å². The molecule has 0 aliphatic heterocycles. The molecule has 0 bridgehead atoms. The van der Waals surface area contributed by atoms with Crippen LogP contribution in [0.4, 0.5) is 5.82 Å². The van der Waals surface area contributed by atoms with E-state index in [1.165, 1.54) is 32.1 Å². The Kier molecular flexibility index (Phi) is 3.49. The molecule has 100 valence electrons. The SMILES string of the molecule is Nc1ncccc1-c1cncn1CC1CCCCC1. The Bertz CT molecular complexity index is 541. The third kappa shape index (κ3) is 2.62. The number of nitrogens with zero attached hydrogens (tertiary/aromatic N) is 3. The van der Waals surface area contributed by atoms with Gasteiger partial charge in [0.2, 0.25) is 0 Å². The zero-order chi connectivity index (χ0) is 13.1. The molecule has 0 saturated heterocycles. The highest BCUT2D eigenvalue weighted by molar-refractivity contribution is 5.70. The van der Waals surface area contributed by atoms with Crippen LogP contribution in [0.3, 0.4) is 0 Å². The van der Waals surface area contributed by atoms with Crippen LogP contribution in [-0.2, 0) is 6.54 Å². The molecule has 0 amide bonds. The molecule has 0 aromatic carbocycles. The fourth-order valence-corrected chi connectivity index (χ4v) is 2.97. The second-order valence-electron chi connectivity index (χ2n) is 5.37. The van der Waals surface area contributed by atoms with E-state index in [-0.39, 0.29) is 0 Å². The first kappa shape index (κ1) is 12.2. The van der Waals surface area contributed by atoms with Gasteiger partial charge >= 0.3 is 0 Å². The first-order valence-corrected chi connectivity index (χ1v) is 7.05. The van der Waals surface area contributed by atoms with E-state index in [4.69, 9.17) is 5.73 Å². The molecule has 0 radical (unpaired) electrons. The zero-order valence-corrected chi connectivity index (χ0v) is 11.1. The highest BCUT2D eigenvalue weighted by Crippen LogP contribution is 2.28. The minimum Gasteiger partial charge on any atom is -0.383 e. The monoisotopic (exact) mass is 256 g/mol. The van der Waals surface area contributed by atoms with Crippen molar-refractivity contribution in [2.24, 2.45) is 5.92 Å². The van der Waals surface area contributed by atoms with Crippen molar-refractivity contribution < 1.29 is 0 Å². The minimum absolute atomic E-state index is 0.577. The molecule has 4 nitrogen and oxygen atoms in total. The lowest BCUT2D eigenvalue weighted by Crippen LogP contribution is -2.14. The van der Waals surface area contributed by atoms with Crippen molar-refractivity contribution in [3.05, 3.63) is 30.9 Å². The van der Waals surface area contributed by atoms with Gasteiger partial charge in [0, 0.05) is 18.3 Å². The Morgan fingerprint density at radius 3 is 2.89 bits per heavy atom. The smallest absolute Gasteiger partial charge is 0.132 e. The van der Waals surface area contributed by atoms with Gasteiger partial charge in [-0.2, -0.15) is 0 Å². The highest BCUT2D eigenvalue weighted by atomic mass is 15.1. The number of nitrogen functional groups attached to an aromatic ring is 1. The minimum atomic E-state index is 0.577. The van der Waals surface area contributed by atoms with Crippen LogP contribution in [0.25, 0.3) is 11.3 Å². The predicted molar refractivity (Wildman–Crippen MR) is 76.4 cm³/mol. The Hall–Kier alpha value is -1.84. The summed E-state index contributed by atoms with van der Waals surface area (Å²) in [7, 11) is 0. The lowest BCUT2D eigenvalue weighted by molar-refractivity contribution is 0.320. The van der Waals surface area contributed by atoms with Crippen LogP contribution in [0.15, 0.2) is 30.9 Å². The average molecular weight is 256 g/mol. The van der Waals surface area contributed by atoms with Crippen LogP contribution >= 0.6 is 0 Å². The second kappa shape index (κ2) is 5.43. The van der Waals surface area contributed by atoms with Gasteiger partial charge in [-0.15, -0.1) is 0 Å². The van der Waals surface area contributed by atoms with Gasteiger partial charge in [0.15, 0.2) is 0 Å². The number of rotatable bonds is 3. The van der Waals surface area contributed by atoms with Gasteiger partial charge in [0.25, 0.3) is 0 Å². The molecule has 1 saturated carbocycles. The lowest BCUT2D eigenvalue weighted by atomic mass is 9.89. The molecule has 4 heteroatoms. The first-order chi connectivity index (χ1) is 9.34. The number of hydrogen-bond acceptors (Lipinski definition) is 3. The van der Waals surface area contributed by atoms with E-state index < -0.39 is 0 Å². The largest absolute Gasteiger partial charge is 0.383 e. The van der Waals surface area contributed by atoms with Crippen LogP contribution in [0.1, 0.15) is 32.1 Å². The molecule has 0 atom stereocenters. The molecule has 19 heavy (non-hydrogen) atoms. The quantitative estimate of drug-likeness (QED) is 0.918. The number of aromatic nitrogens is 3. The Morgan fingerprint density at radius 2 is 2.11 bits per heavy atom. The Balaban J connectivity index is 1.84. The highest BCUT2D eigenvalue weighted by Gasteiger charge is 2.16. The third-order valence-electron chi connectivity index (χ3n) is 4.01. The molecule has 1 fully saturated rings. The van der Waals surface area contributed by atoms with Crippen molar-refractivity contribution >= 4 is 5.82 Å². The van der Waals surface area contributed by atoms with Crippen molar-refractivity contribution in [1.29, 1.82) is 0 Å². The van der Waals surface area contributed by atoms with Gasteiger partial charge in [0.1, 0.15) is 5.82 Å². The summed E-state index contributed by atoms with van der Waals surface area (Å²) in [4.78, 5) is 8.44. The summed E-state index contributed by atoms with van der Waals surface area (Å²) in [5, 5.41) is 0. The number of pyridine rings is 1. The molecule has 3 rings (SSSR count). The topological polar surface area (TPSA) is 56.7 Å². The normalized spacial score (nSPS) is 16.6. The van der Waals surface area contributed by atoms with Crippen LogP contribution in [0.5, 0.6) is 0 Å².